The molecular formula is C30H50O3. The molecule has 33 heavy (non-hydrogen) atoms. The highest BCUT2D eigenvalue weighted by Crippen LogP contribution is 2.73. The van der Waals surface area contributed by atoms with Gasteiger partial charge in [0.25, 0.3) is 0 Å². The number of ether oxygens (including phenoxy) is 1. The maximum atomic E-state index is 10.9. The fraction of sp³-hybridized carbons (Fsp3) is 0.933. The molecule has 4 fully saturated rings. The van der Waals surface area contributed by atoms with Gasteiger partial charge in [0.2, 0.25) is 0 Å². The van der Waals surface area contributed by atoms with Gasteiger partial charge in [0, 0.05) is 0 Å². The summed E-state index contributed by atoms with van der Waals surface area (Å²) in [5.74, 6) is 2.42. The van der Waals surface area contributed by atoms with E-state index in [1.54, 1.807) is 5.57 Å². The number of epoxide rings is 1. The Hall–Kier alpha value is -0.380. The molecule has 3 saturated carbocycles. The van der Waals surface area contributed by atoms with Crippen molar-refractivity contribution in [3.63, 3.8) is 0 Å². The molecule has 1 heterocycles. The van der Waals surface area contributed by atoms with Gasteiger partial charge in [-0.1, -0.05) is 53.2 Å². The molecule has 1 saturated heterocycles. The van der Waals surface area contributed by atoms with Crippen molar-refractivity contribution in [2.24, 2.45) is 45.3 Å². The average Bonchev–Trinajstić information content (AvgIpc) is 3.26. The zero-order valence-electron chi connectivity index (χ0n) is 22.6. The highest BCUT2D eigenvalue weighted by molar-refractivity contribution is 5.33. The lowest BCUT2D eigenvalue weighted by Gasteiger charge is -2.64. The van der Waals surface area contributed by atoms with Crippen molar-refractivity contribution in [3.8, 4) is 0 Å². The first kappa shape index (κ1) is 24.3. The van der Waals surface area contributed by atoms with Crippen molar-refractivity contribution in [3.05, 3.63) is 11.6 Å². The van der Waals surface area contributed by atoms with Gasteiger partial charge in [-0.25, -0.2) is 0 Å². The minimum atomic E-state index is -0.341. The summed E-state index contributed by atoms with van der Waals surface area (Å²) in [6, 6.07) is 0. The first-order chi connectivity index (χ1) is 15.2. The van der Waals surface area contributed by atoms with Gasteiger partial charge in [-0.3, -0.25) is 0 Å². The summed E-state index contributed by atoms with van der Waals surface area (Å²) < 4.78 is 5.76. The number of hydrogen-bond donors (Lipinski definition) is 2. The normalized spacial score (nSPS) is 51.6. The molecule has 188 valence electrons. The van der Waals surface area contributed by atoms with E-state index >= 15 is 0 Å². The Morgan fingerprint density at radius 1 is 1.00 bits per heavy atom. The average molecular weight is 459 g/mol. The molecule has 3 nitrogen and oxygen atoms in total. The zero-order valence-corrected chi connectivity index (χ0v) is 22.6. The maximum Gasteiger partial charge on any atom is 0.113 e. The van der Waals surface area contributed by atoms with Gasteiger partial charge in [0.15, 0.2) is 0 Å². The predicted molar refractivity (Wildman–Crippen MR) is 134 cm³/mol. The van der Waals surface area contributed by atoms with Crippen molar-refractivity contribution in [2.75, 3.05) is 0 Å². The Kier molecular flexibility index (Phi) is 5.40. The Labute approximate surface area is 202 Å². The summed E-state index contributed by atoms with van der Waals surface area (Å²) in [6.07, 6.45) is 11.4. The van der Waals surface area contributed by atoms with Crippen LogP contribution in [-0.4, -0.2) is 34.1 Å². The highest BCUT2D eigenvalue weighted by Gasteiger charge is 2.65. The highest BCUT2D eigenvalue weighted by atomic mass is 16.6. The third-order valence-corrected chi connectivity index (χ3v) is 12.6. The predicted octanol–water partition coefficient (Wildman–Crippen LogP) is 6.52. The number of aliphatic hydroxyl groups is 2. The molecule has 10 atom stereocenters. The van der Waals surface area contributed by atoms with Crippen LogP contribution in [0.25, 0.3) is 0 Å². The van der Waals surface area contributed by atoms with Gasteiger partial charge >= 0.3 is 0 Å². The molecule has 5 rings (SSSR count). The van der Waals surface area contributed by atoms with Crippen LogP contribution in [0, 0.1) is 45.3 Å². The summed E-state index contributed by atoms with van der Waals surface area (Å²) in [5, 5.41) is 21.7. The van der Waals surface area contributed by atoms with Gasteiger partial charge in [-0.2, -0.15) is 0 Å². The van der Waals surface area contributed by atoms with E-state index in [2.05, 4.69) is 61.5 Å². The van der Waals surface area contributed by atoms with Crippen molar-refractivity contribution in [1.82, 2.24) is 0 Å². The second kappa shape index (κ2) is 7.32. The fourth-order valence-corrected chi connectivity index (χ4v) is 10.2. The summed E-state index contributed by atoms with van der Waals surface area (Å²) >= 11 is 0. The molecule has 0 aromatic carbocycles. The van der Waals surface area contributed by atoms with E-state index in [4.69, 9.17) is 4.74 Å². The van der Waals surface area contributed by atoms with Crippen molar-refractivity contribution < 1.29 is 14.9 Å². The van der Waals surface area contributed by atoms with Crippen molar-refractivity contribution >= 4 is 0 Å². The van der Waals surface area contributed by atoms with E-state index in [-0.39, 0.29) is 34.7 Å². The Balaban J connectivity index is 1.40. The second-order valence-corrected chi connectivity index (χ2v) is 14.7. The van der Waals surface area contributed by atoms with Gasteiger partial charge < -0.3 is 14.9 Å². The van der Waals surface area contributed by atoms with E-state index in [9.17, 15) is 10.2 Å². The number of aliphatic hydroxyl groups excluding tert-OH is 2. The minimum Gasteiger partial charge on any atom is -0.393 e. The molecule has 3 heteroatoms. The van der Waals surface area contributed by atoms with Crippen LogP contribution in [0.3, 0.4) is 0 Å². The number of allylic oxidation sites excluding steroid dienone is 2. The summed E-state index contributed by atoms with van der Waals surface area (Å²) in [7, 11) is 0. The quantitative estimate of drug-likeness (QED) is 0.372. The monoisotopic (exact) mass is 458 g/mol. The van der Waals surface area contributed by atoms with Crippen LogP contribution < -0.4 is 0 Å². The van der Waals surface area contributed by atoms with Crippen molar-refractivity contribution in [1.29, 1.82) is 0 Å². The van der Waals surface area contributed by atoms with Gasteiger partial charge in [0.05, 0.1) is 17.8 Å². The SMILES string of the molecule is C[C@@H](C[C@@H](O)[C@@H]1OC1(C)C)[C@@H]1CC[C@]2(C)C3=CC[C@H]4C(C)(C)[C@@H](O)CC[C@]4(C)[C@H]3CC[C@@]12C. The van der Waals surface area contributed by atoms with Crippen LogP contribution in [0.2, 0.25) is 0 Å². The first-order valence-corrected chi connectivity index (χ1v) is 13.9. The second-order valence-electron chi connectivity index (χ2n) is 14.7. The lowest BCUT2D eigenvalue weighted by Crippen LogP contribution is -2.58. The Morgan fingerprint density at radius 3 is 2.30 bits per heavy atom. The van der Waals surface area contributed by atoms with Crippen LogP contribution in [0.1, 0.15) is 107 Å². The Morgan fingerprint density at radius 2 is 1.67 bits per heavy atom. The van der Waals surface area contributed by atoms with Crippen LogP contribution in [0.4, 0.5) is 0 Å². The van der Waals surface area contributed by atoms with Crippen LogP contribution in [0.5, 0.6) is 0 Å². The maximum absolute atomic E-state index is 10.9. The largest absolute Gasteiger partial charge is 0.393 e. The molecule has 0 spiro atoms. The lowest BCUT2D eigenvalue weighted by molar-refractivity contribution is -0.131. The molecule has 2 N–H and O–H groups in total. The van der Waals surface area contributed by atoms with E-state index in [0.717, 1.165) is 19.3 Å². The molecule has 4 aliphatic carbocycles. The number of rotatable bonds is 4. The summed E-state index contributed by atoms with van der Waals surface area (Å²) in [5.41, 5.74) is 2.50. The standard InChI is InChI=1S/C30H50O3/c1-18(17-22(31)25-27(4,5)33-25)19-11-15-30(8)21-9-10-23-26(2,3)24(32)13-14-28(23,6)20(21)12-16-29(19,30)7/h9,18-20,22-25,31-32H,10-17H2,1-8H3/t18-,19-,20-,22+,23-,24-,25-,28+,29-,30+/m0/s1. The summed E-state index contributed by atoms with van der Waals surface area (Å²) in [4.78, 5) is 0. The third-order valence-electron chi connectivity index (χ3n) is 12.6. The van der Waals surface area contributed by atoms with E-state index in [1.807, 2.05) is 0 Å². The van der Waals surface area contributed by atoms with E-state index in [0.29, 0.717) is 34.5 Å². The van der Waals surface area contributed by atoms with Crippen molar-refractivity contribution in [2.45, 2.75) is 131 Å². The topological polar surface area (TPSA) is 53.0 Å². The minimum absolute atomic E-state index is 0.00178. The molecular weight excluding hydrogens is 408 g/mol. The molecule has 0 bridgehead atoms. The van der Waals surface area contributed by atoms with E-state index < -0.39 is 0 Å². The molecule has 5 aliphatic rings. The molecule has 0 aromatic rings. The van der Waals surface area contributed by atoms with Crippen LogP contribution in [0.15, 0.2) is 11.6 Å². The molecule has 0 amide bonds. The van der Waals surface area contributed by atoms with Gasteiger partial charge in [-0.15, -0.1) is 0 Å². The summed E-state index contributed by atoms with van der Waals surface area (Å²) in [6.45, 7) is 19.0. The smallest absolute Gasteiger partial charge is 0.113 e. The van der Waals surface area contributed by atoms with Crippen LogP contribution >= 0.6 is 0 Å². The number of fused-ring (bicyclic) bond motifs is 5. The first-order valence-electron chi connectivity index (χ1n) is 13.9. The third kappa shape index (κ3) is 3.23. The molecule has 1 aliphatic heterocycles. The van der Waals surface area contributed by atoms with Gasteiger partial charge in [-0.05, 0) is 111 Å². The fourth-order valence-electron chi connectivity index (χ4n) is 10.2. The Bertz CT molecular complexity index is 828. The molecule has 0 radical (unpaired) electrons. The molecule has 0 unspecified atom stereocenters. The lowest BCUT2D eigenvalue weighted by atomic mass is 9.41. The molecule has 0 aromatic heterocycles. The van der Waals surface area contributed by atoms with Gasteiger partial charge in [0.1, 0.15) is 6.10 Å². The zero-order chi connectivity index (χ0) is 24.2. The number of hydrogen-bond acceptors (Lipinski definition) is 3. The van der Waals surface area contributed by atoms with Crippen LogP contribution in [-0.2, 0) is 4.74 Å². The van der Waals surface area contributed by atoms with E-state index in [1.165, 1.54) is 32.1 Å².